The van der Waals surface area contributed by atoms with E-state index in [1.807, 2.05) is 23.5 Å². The predicted octanol–water partition coefficient (Wildman–Crippen LogP) is 3.98. The maximum atomic E-state index is 12.7. The van der Waals surface area contributed by atoms with Crippen molar-refractivity contribution in [2.24, 2.45) is 0 Å². The minimum absolute atomic E-state index is 0.287. The van der Waals surface area contributed by atoms with E-state index in [4.69, 9.17) is 14.2 Å². The van der Waals surface area contributed by atoms with Crippen LogP contribution in [0.15, 0.2) is 41.9 Å². The minimum Gasteiger partial charge on any atom is -0.493 e. The Labute approximate surface area is 179 Å². The Balaban J connectivity index is 1.48. The Morgan fingerprint density at radius 1 is 1.10 bits per heavy atom. The van der Waals surface area contributed by atoms with Crippen molar-refractivity contribution in [3.05, 3.63) is 57.9 Å². The third-order valence-electron chi connectivity index (χ3n) is 5.06. The summed E-state index contributed by atoms with van der Waals surface area (Å²) in [5, 5.41) is 5.01. The molecule has 0 saturated heterocycles. The molecule has 0 fully saturated rings. The van der Waals surface area contributed by atoms with Crippen molar-refractivity contribution < 1.29 is 19.0 Å². The van der Waals surface area contributed by atoms with Gasteiger partial charge in [-0.2, -0.15) is 0 Å². The van der Waals surface area contributed by atoms with Gasteiger partial charge in [-0.3, -0.25) is 4.79 Å². The second kappa shape index (κ2) is 8.62. The van der Waals surface area contributed by atoms with Crippen molar-refractivity contribution in [3.63, 3.8) is 0 Å². The molecule has 1 amide bonds. The van der Waals surface area contributed by atoms with Crippen molar-refractivity contribution in [1.82, 2.24) is 4.98 Å². The lowest BCUT2D eigenvalue weighted by atomic mass is 10.1. The number of carbonyl (C=O) groups excluding carboxylic acids is 1. The van der Waals surface area contributed by atoms with Crippen LogP contribution in [0.4, 0.5) is 11.5 Å². The fraction of sp³-hybridized carbons (Fsp3) is 0.273. The van der Waals surface area contributed by atoms with Gasteiger partial charge in [0, 0.05) is 23.5 Å². The molecule has 1 aliphatic heterocycles. The first kappa shape index (κ1) is 20.0. The Bertz CT molecular complexity index is 1020. The molecular formula is C22H23N3O4S. The zero-order chi connectivity index (χ0) is 21.1. The Morgan fingerprint density at radius 3 is 2.50 bits per heavy atom. The van der Waals surface area contributed by atoms with Crippen molar-refractivity contribution in [1.29, 1.82) is 0 Å². The van der Waals surface area contributed by atoms with E-state index in [0.717, 1.165) is 25.3 Å². The number of nitrogens with one attached hydrogen (secondary N) is 1. The topological polar surface area (TPSA) is 72.9 Å². The molecule has 0 radical (unpaired) electrons. The molecule has 0 saturated carbocycles. The van der Waals surface area contributed by atoms with Gasteiger partial charge >= 0.3 is 0 Å². The molecule has 0 aliphatic carbocycles. The second-order valence-corrected chi connectivity index (χ2v) is 7.81. The summed E-state index contributed by atoms with van der Waals surface area (Å²) in [6.07, 6.45) is 2.71. The Morgan fingerprint density at radius 2 is 1.87 bits per heavy atom. The molecule has 3 aromatic rings. The number of hydrogen-bond donors (Lipinski definition) is 1. The van der Waals surface area contributed by atoms with Crippen LogP contribution >= 0.6 is 11.3 Å². The van der Waals surface area contributed by atoms with Crippen molar-refractivity contribution in [2.75, 3.05) is 38.1 Å². The highest BCUT2D eigenvalue weighted by Gasteiger charge is 2.19. The molecule has 30 heavy (non-hydrogen) atoms. The zero-order valence-electron chi connectivity index (χ0n) is 17.1. The van der Waals surface area contributed by atoms with Crippen molar-refractivity contribution in [2.45, 2.75) is 13.0 Å². The summed E-state index contributed by atoms with van der Waals surface area (Å²) >= 11 is 1.82. The molecule has 0 atom stereocenters. The number of fused-ring (bicyclic) bond motifs is 1. The largest absolute Gasteiger partial charge is 0.493 e. The highest BCUT2D eigenvalue weighted by Crippen LogP contribution is 2.38. The molecule has 3 heterocycles. The lowest BCUT2D eigenvalue weighted by molar-refractivity contribution is 0.102. The van der Waals surface area contributed by atoms with Crippen LogP contribution in [0, 0.1) is 0 Å². The van der Waals surface area contributed by atoms with Gasteiger partial charge in [-0.1, -0.05) is 0 Å². The number of hydrogen-bond acceptors (Lipinski definition) is 7. The molecule has 0 unspecified atom stereocenters. The number of aromatic nitrogens is 1. The van der Waals surface area contributed by atoms with Crippen LogP contribution in [0.25, 0.3) is 0 Å². The lowest BCUT2D eigenvalue weighted by Gasteiger charge is -2.28. The number of thiophene rings is 1. The average molecular weight is 426 g/mol. The number of carbonyl (C=O) groups is 1. The number of rotatable bonds is 6. The van der Waals surface area contributed by atoms with Crippen molar-refractivity contribution >= 4 is 28.7 Å². The molecule has 1 aliphatic rings. The number of pyridine rings is 1. The lowest BCUT2D eigenvalue weighted by Crippen LogP contribution is -2.30. The summed E-state index contributed by atoms with van der Waals surface area (Å²) in [6.45, 7) is 1.81. The number of nitrogens with zero attached hydrogens (tertiary/aromatic N) is 2. The van der Waals surface area contributed by atoms with Gasteiger partial charge in [-0.05, 0) is 47.7 Å². The van der Waals surface area contributed by atoms with E-state index in [1.54, 1.807) is 18.3 Å². The molecule has 1 N–H and O–H groups in total. The van der Waals surface area contributed by atoms with Gasteiger partial charge in [0.1, 0.15) is 5.82 Å². The smallest absolute Gasteiger partial charge is 0.255 e. The van der Waals surface area contributed by atoms with Crippen molar-refractivity contribution in [3.8, 4) is 17.2 Å². The van der Waals surface area contributed by atoms with Crippen LogP contribution in [0.5, 0.6) is 17.2 Å². The SMILES string of the molecule is COc1cc(C(=O)Nc2ccc(N3CCc4sccc4C3)nc2)cc(OC)c1OC. The van der Waals surface area contributed by atoms with E-state index in [0.29, 0.717) is 28.5 Å². The zero-order valence-corrected chi connectivity index (χ0v) is 17.9. The van der Waals surface area contributed by atoms with E-state index in [1.165, 1.54) is 31.8 Å². The minimum atomic E-state index is -0.287. The van der Waals surface area contributed by atoms with Crippen LogP contribution in [-0.2, 0) is 13.0 Å². The number of ether oxygens (including phenoxy) is 3. The normalized spacial score (nSPS) is 12.8. The molecule has 0 bridgehead atoms. The summed E-state index contributed by atoms with van der Waals surface area (Å²) in [5.74, 6) is 1.90. The number of amides is 1. The summed E-state index contributed by atoms with van der Waals surface area (Å²) in [4.78, 5) is 21.0. The van der Waals surface area contributed by atoms with E-state index >= 15 is 0 Å². The standard InChI is InChI=1S/C22H23N3O4S/c1-27-17-10-15(11-18(28-2)21(17)29-3)22(26)24-16-4-5-20(23-12-16)25-8-6-19-14(13-25)7-9-30-19/h4-5,7,9-12H,6,8,13H2,1-3H3,(H,24,26). The molecule has 4 rings (SSSR count). The molecule has 1 aromatic carbocycles. The first-order valence-corrected chi connectivity index (χ1v) is 10.4. The first-order valence-electron chi connectivity index (χ1n) is 9.50. The predicted molar refractivity (Wildman–Crippen MR) is 117 cm³/mol. The summed E-state index contributed by atoms with van der Waals surface area (Å²) in [5.41, 5.74) is 2.38. The monoisotopic (exact) mass is 425 g/mol. The third-order valence-corrected chi connectivity index (χ3v) is 6.09. The fourth-order valence-corrected chi connectivity index (χ4v) is 4.40. The molecule has 2 aromatic heterocycles. The Hall–Kier alpha value is -3.26. The fourth-order valence-electron chi connectivity index (χ4n) is 3.51. The molecular weight excluding hydrogens is 402 g/mol. The summed E-state index contributed by atoms with van der Waals surface area (Å²) < 4.78 is 15.9. The second-order valence-electron chi connectivity index (χ2n) is 6.81. The van der Waals surface area contributed by atoms with Crippen LogP contribution in [0.1, 0.15) is 20.8 Å². The first-order chi connectivity index (χ1) is 14.6. The van der Waals surface area contributed by atoms with Gasteiger partial charge in [0.2, 0.25) is 5.75 Å². The van der Waals surface area contributed by atoms with Crippen LogP contribution in [0.3, 0.4) is 0 Å². The van der Waals surface area contributed by atoms with Gasteiger partial charge in [0.05, 0.1) is 33.2 Å². The molecule has 8 heteroatoms. The number of benzene rings is 1. The van der Waals surface area contributed by atoms with Gasteiger partial charge < -0.3 is 24.4 Å². The number of methoxy groups -OCH3 is 3. The summed E-state index contributed by atoms with van der Waals surface area (Å²) in [7, 11) is 4.55. The van der Waals surface area contributed by atoms with Gasteiger partial charge in [-0.15, -0.1) is 11.3 Å². The van der Waals surface area contributed by atoms with E-state index < -0.39 is 0 Å². The molecule has 156 valence electrons. The average Bonchev–Trinajstić information content (AvgIpc) is 3.26. The highest BCUT2D eigenvalue weighted by molar-refractivity contribution is 7.10. The number of anilines is 2. The molecule has 0 spiro atoms. The Kier molecular flexibility index (Phi) is 5.76. The maximum absolute atomic E-state index is 12.7. The maximum Gasteiger partial charge on any atom is 0.255 e. The van der Waals surface area contributed by atoms with E-state index in [-0.39, 0.29) is 5.91 Å². The van der Waals surface area contributed by atoms with Gasteiger partial charge in [0.25, 0.3) is 5.91 Å². The van der Waals surface area contributed by atoms with Crippen LogP contribution in [-0.4, -0.2) is 38.8 Å². The quantitative estimate of drug-likeness (QED) is 0.644. The van der Waals surface area contributed by atoms with Gasteiger partial charge in [-0.25, -0.2) is 4.98 Å². The van der Waals surface area contributed by atoms with E-state index in [2.05, 4.69) is 26.6 Å². The van der Waals surface area contributed by atoms with E-state index in [9.17, 15) is 4.79 Å². The third kappa shape index (κ3) is 3.91. The highest BCUT2D eigenvalue weighted by atomic mass is 32.1. The van der Waals surface area contributed by atoms with Crippen LogP contribution < -0.4 is 24.4 Å². The molecule has 7 nitrogen and oxygen atoms in total. The summed E-state index contributed by atoms with van der Waals surface area (Å²) in [6, 6.07) is 9.21. The van der Waals surface area contributed by atoms with Crippen LogP contribution in [0.2, 0.25) is 0 Å². The van der Waals surface area contributed by atoms with Gasteiger partial charge in [0.15, 0.2) is 11.5 Å².